The molecule has 0 aliphatic heterocycles. The maximum absolute atomic E-state index is 13.9. The molecule has 3 aromatic rings. The van der Waals surface area contributed by atoms with Gasteiger partial charge in [-0.05, 0) is 87.2 Å². The Labute approximate surface area is 237 Å². The van der Waals surface area contributed by atoms with Gasteiger partial charge >= 0.3 is 0 Å². The highest BCUT2D eigenvalue weighted by Crippen LogP contribution is 2.27. The average molecular weight is 568 g/mol. The summed E-state index contributed by atoms with van der Waals surface area (Å²) in [4.78, 5) is 28.3. The fourth-order valence-corrected chi connectivity index (χ4v) is 5.76. The molecular formula is C31H38FN3O4S. The lowest BCUT2D eigenvalue weighted by atomic mass is 10.1. The van der Waals surface area contributed by atoms with E-state index in [1.165, 1.54) is 29.2 Å². The van der Waals surface area contributed by atoms with Crippen LogP contribution in [0.5, 0.6) is 0 Å². The van der Waals surface area contributed by atoms with E-state index in [1.54, 1.807) is 43.3 Å². The van der Waals surface area contributed by atoms with Crippen molar-refractivity contribution in [3.63, 3.8) is 0 Å². The lowest BCUT2D eigenvalue weighted by Crippen LogP contribution is -2.51. The molecule has 1 N–H and O–H groups in total. The largest absolute Gasteiger partial charge is 0.354 e. The number of benzene rings is 3. The molecule has 9 heteroatoms. The van der Waals surface area contributed by atoms with E-state index in [0.29, 0.717) is 17.8 Å². The molecule has 0 fully saturated rings. The van der Waals surface area contributed by atoms with Gasteiger partial charge < -0.3 is 10.2 Å². The zero-order valence-corrected chi connectivity index (χ0v) is 24.6. The van der Waals surface area contributed by atoms with Crippen LogP contribution in [0.1, 0.15) is 48.9 Å². The topological polar surface area (TPSA) is 86.8 Å². The van der Waals surface area contributed by atoms with Gasteiger partial charge in [-0.25, -0.2) is 12.8 Å². The van der Waals surface area contributed by atoms with Crippen molar-refractivity contribution in [3.8, 4) is 0 Å². The Kier molecular flexibility index (Phi) is 10.5. The molecule has 0 aliphatic carbocycles. The van der Waals surface area contributed by atoms with E-state index < -0.39 is 34.3 Å². The Hall–Kier alpha value is -3.72. The minimum Gasteiger partial charge on any atom is -0.354 e. The number of nitrogens with one attached hydrogen (secondary N) is 1. The van der Waals surface area contributed by atoms with Crippen LogP contribution in [-0.2, 0) is 26.2 Å². The van der Waals surface area contributed by atoms with E-state index in [2.05, 4.69) is 5.32 Å². The number of carbonyl (C=O) groups is 2. The standard InChI is InChI=1S/C31H38FN3O4S/c1-6-7-16-33-31(37)25(5)34(20-26-10-12-27(32)13-11-26)30(36)21-35(28-18-23(3)17-24(4)19-28)40(38,39)29-14-8-22(2)9-15-29/h8-15,17-19,25H,6-7,16,20-21H2,1-5H3,(H,33,37). The van der Waals surface area contributed by atoms with E-state index in [-0.39, 0.29) is 17.3 Å². The number of nitrogens with zero attached hydrogens (tertiary/aromatic N) is 2. The van der Waals surface area contributed by atoms with Gasteiger partial charge in [-0.1, -0.05) is 49.2 Å². The highest BCUT2D eigenvalue weighted by atomic mass is 32.2. The van der Waals surface area contributed by atoms with Gasteiger partial charge in [0.05, 0.1) is 10.6 Å². The number of hydrogen-bond acceptors (Lipinski definition) is 4. The summed E-state index contributed by atoms with van der Waals surface area (Å²) in [7, 11) is -4.14. The number of halogens is 1. The molecule has 2 amide bonds. The Bertz CT molecular complexity index is 1400. The van der Waals surface area contributed by atoms with E-state index >= 15 is 0 Å². The molecule has 1 atom stereocenters. The minimum atomic E-state index is -4.14. The van der Waals surface area contributed by atoms with Crippen LogP contribution >= 0.6 is 0 Å². The monoisotopic (exact) mass is 567 g/mol. The quantitative estimate of drug-likeness (QED) is 0.302. The molecule has 0 radical (unpaired) electrons. The molecule has 1 unspecified atom stereocenters. The molecule has 7 nitrogen and oxygen atoms in total. The van der Waals surface area contributed by atoms with Gasteiger partial charge in [-0.15, -0.1) is 0 Å². The highest BCUT2D eigenvalue weighted by Gasteiger charge is 2.32. The first-order valence-electron chi connectivity index (χ1n) is 13.4. The number of amides is 2. The van der Waals surface area contributed by atoms with Gasteiger partial charge in [0.2, 0.25) is 11.8 Å². The molecule has 3 rings (SSSR count). The molecule has 0 saturated heterocycles. The molecule has 0 heterocycles. The Morgan fingerprint density at radius 3 is 2.08 bits per heavy atom. The van der Waals surface area contributed by atoms with Crippen LogP contribution in [0.4, 0.5) is 10.1 Å². The minimum absolute atomic E-state index is 0.00669. The summed E-state index contributed by atoms with van der Waals surface area (Å²) in [5.74, 6) is -1.32. The summed E-state index contributed by atoms with van der Waals surface area (Å²) < 4.78 is 42.5. The lowest BCUT2D eigenvalue weighted by molar-refractivity contribution is -0.139. The van der Waals surface area contributed by atoms with Crippen molar-refractivity contribution >= 4 is 27.5 Å². The summed E-state index contributed by atoms with van der Waals surface area (Å²) in [6.45, 7) is 9.15. The van der Waals surface area contributed by atoms with Crippen LogP contribution in [0.15, 0.2) is 71.6 Å². The second kappa shape index (κ2) is 13.6. The van der Waals surface area contributed by atoms with Gasteiger partial charge in [-0.3, -0.25) is 13.9 Å². The smallest absolute Gasteiger partial charge is 0.264 e. The van der Waals surface area contributed by atoms with E-state index in [9.17, 15) is 22.4 Å². The number of unbranched alkanes of at least 4 members (excludes halogenated alkanes) is 1. The van der Waals surface area contributed by atoms with Crippen LogP contribution in [-0.4, -0.2) is 44.3 Å². The van der Waals surface area contributed by atoms with Gasteiger partial charge in [-0.2, -0.15) is 0 Å². The molecule has 0 spiro atoms. The van der Waals surface area contributed by atoms with Gasteiger partial charge in [0, 0.05) is 13.1 Å². The van der Waals surface area contributed by atoms with Crippen molar-refractivity contribution in [1.29, 1.82) is 0 Å². The van der Waals surface area contributed by atoms with Crippen LogP contribution in [0, 0.1) is 26.6 Å². The fourth-order valence-electron chi connectivity index (χ4n) is 4.37. The van der Waals surface area contributed by atoms with E-state index in [0.717, 1.165) is 33.8 Å². The van der Waals surface area contributed by atoms with Gasteiger partial charge in [0.25, 0.3) is 10.0 Å². The third kappa shape index (κ3) is 7.91. The number of rotatable bonds is 12. The number of hydrogen-bond donors (Lipinski definition) is 1. The SMILES string of the molecule is CCCCNC(=O)C(C)N(Cc1ccc(F)cc1)C(=O)CN(c1cc(C)cc(C)c1)S(=O)(=O)c1ccc(C)cc1. The van der Waals surface area contributed by atoms with Crippen LogP contribution in [0.2, 0.25) is 0 Å². The zero-order valence-electron chi connectivity index (χ0n) is 23.8. The first-order chi connectivity index (χ1) is 18.9. The summed E-state index contributed by atoms with van der Waals surface area (Å²) in [5.41, 5.74) is 3.56. The second-order valence-corrected chi connectivity index (χ2v) is 12.0. The van der Waals surface area contributed by atoms with Crippen LogP contribution in [0.3, 0.4) is 0 Å². The summed E-state index contributed by atoms with van der Waals surface area (Å²) in [6.07, 6.45) is 1.69. The van der Waals surface area contributed by atoms with Crippen molar-refractivity contribution in [2.75, 3.05) is 17.4 Å². The van der Waals surface area contributed by atoms with Crippen LogP contribution < -0.4 is 9.62 Å². The fraction of sp³-hybridized carbons (Fsp3) is 0.355. The first-order valence-corrected chi connectivity index (χ1v) is 14.9. The molecule has 0 aliphatic rings. The molecular weight excluding hydrogens is 529 g/mol. The predicted molar refractivity (Wildman–Crippen MR) is 156 cm³/mol. The van der Waals surface area contributed by atoms with Crippen molar-refractivity contribution < 1.29 is 22.4 Å². The lowest BCUT2D eigenvalue weighted by Gasteiger charge is -2.32. The molecule has 40 heavy (non-hydrogen) atoms. The molecule has 0 saturated carbocycles. The summed E-state index contributed by atoms with van der Waals surface area (Å²) in [6, 6.07) is 16.6. The molecule has 0 aromatic heterocycles. The number of aryl methyl sites for hydroxylation is 3. The Morgan fingerprint density at radius 1 is 0.900 bits per heavy atom. The number of carbonyl (C=O) groups excluding carboxylic acids is 2. The summed E-state index contributed by atoms with van der Waals surface area (Å²) >= 11 is 0. The number of sulfonamides is 1. The molecule has 214 valence electrons. The Balaban J connectivity index is 2.03. The third-order valence-corrected chi connectivity index (χ3v) is 8.43. The highest BCUT2D eigenvalue weighted by molar-refractivity contribution is 7.92. The van der Waals surface area contributed by atoms with Gasteiger partial charge in [0.15, 0.2) is 0 Å². The van der Waals surface area contributed by atoms with E-state index in [1.807, 2.05) is 33.8 Å². The molecule has 3 aromatic carbocycles. The van der Waals surface area contributed by atoms with Crippen molar-refractivity contribution in [1.82, 2.24) is 10.2 Å². The summed E-state index contributed by atoms with van der Waals surface area (Å²) in [5, 5.41) is 2.85. The van der Waals surface area contributed by atoms with Crippen molar-refractivity contribution in [2.24, 2.45) is 0 Å². The van der Waals surface area contributed by atoms with Crippen molar-refractivity contribution in [3.05, 3.63) is 94.8 Å². The maximum atomic E-state index is 13.9. The normalized spacial score (nSPS) is 12.1. The second-order valence-electron chi connectivity index (χ2n) is 10.1. The molecule has 0 bridgehead atoms. The van der Waals surface area contributed by atoms with E-state index in [4.69, 9.17) is 0 Å². The zero-order chi connectivity index (χ0) is 29.4. The van der Waals surface area contributed by atoms with Gasteiger partial charge in [0.1, 0.15) is 18.4 Å². The maximum Gasteiger partial charge on any atom is 0.264 e. The van der Waals surface area contributed by atoms with Crippen molar-refractivity contribution in [2.45, 2.75) is 64.9 Å². The average Bonchev–Trinajstić information content (AvgIpc) is 2.90. The Morgan fingerprint density at radius 2 is 1.50 bits per heavy atom. The number of anilines is 1. The first kappa shape index (κ1) is 30.8. The third-order valence-electron chi connectivity index (χ3n) is 6.65. The van der Waals surface area contributed by atoms with Crippen LogP contribution in [0.25, 0.3) is 0 Å². The predicted octanol–water partition coefficient (Wildman–Crippen LogP) is 5.28.